The summed E-state index contributed by atoms with van der Waals surface area (Å²) in [6, 6.07) is 0. The van der Waals surface area contributed by atoms with Gasteiger partial charge in [-0.1, -0.05) is 0 Å². The van der Waals surface area contributed by atoms with E-state index < -0.39 is 37.2 Å². The lowest BCUT2D eigenvalue weighted by molar-refractivity contribution is -0.150. The summed E-state index contributed by atoms with van der Waals surface area (Å²) in [5, 5.41) is 8.50. The van der Waals surface area contributed by atoms with Gasteiger partial charge in [-0.2, -0.15) is 0 Å². The summed E-state index contributed by atoms with van der Waals surface area (Å²) < 4.78 is 52.8. The minimum atomic E-state index is -3.54. The topological polar surface area (TPSA) is 121 Å². The second-order valence-electron chi connectivity index (χ2n) is 2.14. The predicted molar refractivity (Wildman–Crippen MR) is 49.7 cm³/mol. The highest BCUT2D eigenvalue weighted by Gasteiger charge is 2.42. The Hall–Kier alpha value is -0.500. The predicted octanol–water partition coefficient (Wildman–Crippen LogP) is -0.630. The van der Waals surface area contributed by atoms with E-state index in [0.717, 1.165) is 0 Å². The first-order chi connectivity index (χ1) is 6.84. The van der Waals surface area contributed by atoms with Crippen molar-refractivity contribution in [2.75, 3.05) is 6.50 Å². The van der Waals surface area contributed by atoms with Crippen LogP contribution in [0.3, 0.4) is 0 Å². The van der Waals surface area contributed by atoms with Crippen LogP contribution in [0, 0.1) is 0 Å². The number of hydrogen-bond acceptors (Lipinski definition) is 3. The van der Waals surface area contributed by atoms with Crippen LogP contribution in [-0.4, -0.2) is 35.0 Å². The van der Waals surface area contributed by atoms with Crippen LogP contribution in [0.15, 0.2) is 0 Å². The minimum Gasteiger partial charge on any atom is -0.480 e. The number of nitrogens with two attached hydrogens (primary N) is 2. The van der Waals surface area contributed by atoms with Crippen LogP contribution in [0.2, 0.25) is 0 Å². The van der Waals surface area contributed by atoms with Gasteiger partial charge < -0.3 is 22.1 Å². The number of halogens is 3. The van der Waals surface area contributed by atoms with Crippen molar-refractivity contribution in [2.24, 2.45) is 11.5 Å². The molecule has 8 heteroatoms. The number of carboxylic acids is 1. The van der Waals surface area contributed by atoms with Crippen molar-refractivity contribution in [2.45, 2.75) is 24.8 Å². The molecule has 7 N–H and O–H groups in total. The Bertz CT molecular complexity index is 292. The second kappa shape index (κ2) is 7.86. The summed E-state index contributed by atoms with van der Waals surface area (Å²) in [5.74, 6) is -2.12. The first-order valence-corrected chi connectivity index (χ1v) is 2.94. The van der Waals surface area contributed by atoms with Crippen LogP contribution >= 0.6 is 12.4 Å². The Labute approximate surface area is 91.8 Å². The Balaban J connectivity index is -0.00000112. The zero-order valence-electron chi connectivity index (χ0n) is 11.0. The third kappa shape index (κ3) is 4.66. The molecule has 0 aliphatic rings. The molecular formula is C6H15ClF2N2O3. The molecule has 0 aliphatic heterocycles. The first-order valence-electron chi connectivity index (χ1n) is 4.94. The quantitative estimate of drug-likeness (QED) is 0.592. The third-order valence-electron chi connectivity index (χ3n) is 1.27. The summed E-state index contributed by atoms with van der Waals surface area (Å²) >= 11 is 0. The molecule has 5 nitrogen and oxygen atoms in total. The van der Waals surface area contributed by atoms with E-state index in [1.165, 1.54) is 0 Å². The van der Waals surface area contributed by atoms with Gasteiger partial charge in [0.2, 0.25) is 0 Å². The molecule has 1 atom stereocenters. The van der Waals surface area contributed by atoms with E-state index in [-0.39, 0.29) is 17.9 Å². The van der Waals surface area contributed by atoms with Gasteiger partial charge in [0.25, 0.3) is 6.43 Å². The Morgan fingerprint density at radius 1 is 1.64 bits per heavy atom. The summed E-state index contributed by atoms with van der Waals surface area (Å²) in [5.41, 5.74) is 6.47. The normalized spacial score (nSPS) is 20.1. The van der Waals surface area contributed by atoms with E-state index in [4.69, 9.17) is 22.1 Å². The average Bonchev–Trinajstić information content (AvgIpc) is 2.00. The van der Waals surface area contributed by atoms with E-state index in [9.17, 15) is 13.6 Å². The van der Waals surface area contributed by atoms with Crippen molar-refractivity contribution in [3.8, 4) is 0 Å². The lowest BCUT2D eigenvalue weighted by Gasteiger charge is -2.22. The smallest absolute Gasteiger partial charge is 0.329 e. The molecule has 0 aromatic heterocycles. The maximum Gasteiger partial charge on any atom is 0.329 e. The summed E-state index contributed by atoms with van der Waals surface area (Å²) in [6.07, 6.45) is -7.96. The Morgan fingerprint density at radius 2 is 2.07 bits per heavy atom. The lowest BCUT2D eigenvalue weighted by Crippen LogP contribution is -2.54. The molecule has 0 aromatic rings. The number of rotatable bonds is 5. The van der Waals surface area contributed by atoms with Crippen LogP contribution < -0.4 is 11.5 Å². The van der Waals surface area contributed by atoms with E-state index in [1.54, 1.807) is 0 Å². The Kier molecular flexibility index (Phi) is 5.63. The molecule has 0 amide bonds. The Morgan fingerprint density at radius 3 is 2.29 bits per heavy atom. The van der Waals surface area contributed by atoms with Crippen molar-refractivity contribution >= 4 is 18.4 Å². The molecule has 14 heavy (non-hydrogen) atoms. The van der Waals surface area contributed by atoms with E-state index in [2.05, 4.69) is 0 Å². The third-order valence-corrected chi connectivity index (χ3v) is 1.27. The molecule has 0 fully saturated rings. The minimum absolute atomic E-state index is 0. The fraction of sp³-hybridized carbons (Fsp3) is 0.833. The van der Waals surface area contributed by atoms with Gasteiger partial charge in [0, 0.05) is 5.48 Å². The molecule has 88 valence electrons. The number of alkyl halides is 2. The summed E-state index contributed by atoms with van der Waals surface area (Å²) in [7, 11) is 0. The van der Waals surface area contributed by atoms with Gasteiger partial charge in [0.1, 0.15) is 0 Å². The molecular weight excluding hydrogens is 222 g/mol. The van der Waals surface area contributed by atoms with Gasteiger partial charge in [0.15, 0.2) is 5.54 Å². The van der Waals surface area contributed by atoms with Gasteiger partial charge in [-0.3, -0.25) is 0 Å². The maximum atomic E-state index is 12.4. The summed E-state index contributed by atoms with van der Waals surface area (Å²) in [4.78, 5) is 10.5. The largest absolute Gasteiger partial charge is 0.480 e. The standard InChI is InChI=1S/C6H12F2N2O2.ClH.H2O/c7-4(8)6(10,5(11)12)2-1-3-9;;/h4H,1-3,9-10H2,(H,11,12);1H;1H2/i1D2,3D2;;. The highest BCUT2D eigenvalue weighted by Crippen LogP contribution is 2.18. The van der Waals surface area contributed by atoms with Gasteiger partial charge in [-0.15, -0.1) is 12.4 Å². The summed E-state index contributed by atoms with van der Waals surface area (Å²) in [6.45, 7) is -2.97. The molecule has 0 spiro atoms. The maximum absolute atomic E-state index is 12.4. The number of hydrogen-bond donors (Lipinski definition) is 3. The van der Waals surface area contributed by atoms with Gasteiger partial charge in [-0.05, 0) is 19.3 Å². The molecule has 0 saturated carbocycles. The number of aliphatic carboxylic acids is 1. The molecule has 0 radical (unpaired) electrons. The fourth-order valence-corrected chi connectivity index (χ4v) is 0.443. The number of carbonyl (C=O) groups is 1. The van der Waals surface area contributed by atoms with Crippen molar-refractivity contribution in [3.05, 3.63) is 0 Å². The molecule has 0 aromatic carbocycles. The monoisotopic (exact) mass is 240 g/mol. The van der Waals surface area contributed by atoms with Gasteiger partial charge >= 0.3 is 5.97 Å². The lowest BCUT2D eigenvalue weighted by atomic mass is 9.95. The molecule has 0 saturated heterocycles. The van der Waals surface area contributed by atoms with E-state index in [0.29, 0.717) is 0 Å². The zero-order chi connectivity index (χ0) is 13.4. The molecule has 0 heterocycles. The molecule has 0 aliphatic carbocycles. The van der Waals surface area contributed by atoms with E-state index in [1.807, 2.05) is 0 Å². The average molecular weight is 241 g/mol. The van der Waals surface area contributed by atoms with Crippen molar-refractivity contribution in [1.82, 2.24) is 0 Å². The van der Waals surface area contributed by atoms with Crippen molar-refractivity contribution < 1.29 is 29.6 Å². The van der Waals surface area contributed by atoms with Crippen LogP contribution in [0.1, 0.15) is 18.3 Å². The second-order valence-corrected chi connectivity index (χ2v) is 2.14. The molecule has 0 bridgehead atoms. The van der Waals surface area contributed by atoms with Crippen LogP contribution in [0.4, 0.5) is 8.78 Å². The van der Waals surface area contributed by atoms with Gasteiger partial charge in [0.05, 0.1) is 0 Å². The first kappa shape index (κ1) is 10.0. The van der Waals surface area contributed by atoms with Crippen LogP contribution in [-0.2, 0) is 4.79 Å². The molecule has 1 unspecified atom stereocenters. The van der Waals surface area contributed by atoms with Gasteiger partial charge in [-0.25, -0.2) is 13.6 Å². The fourth-order valence-electron chi connectivity index (χ4n) is 0.443. The highest BCUT2D eigenvalue weighted by molar-refractivity contribution is 5.85. The molecule has 0 rings (SSSR count). The SMILES string of the molecule is Cl.O.[2H]C([2H])(N)C([2H])([2H])CC(N)(C(=O)O)C(F)F. The van der Waals surface area contributed by atoms with Crippen LogP contribution in [0.5, 0.6) is 0 Å². The van der Waals surface area contributed by atoms with Crippen molar-refractivity contribution in [1.29, 1.82) is 0 Å². The van der Waals surface area contributed by atoms with Crippen LogP contribution in [0.25, 0.3) is 0 Å². The highest BCUT2D eigenvalue weighted by atomic mass is 35.5. The zero-order valence-corrected chi connectivity index (χ0v) is 7.78. The van der Waals surface area contributed by atoms with Crippen molar-refractivity contribution in [3.63, 3.8) is 0 Å². The van der Waals surface area contributed by atoms with E-state index >= 15 is 0 Å². The number of carboxylic acid groups (broad SMARTS) is 1.